The predicted octanol–water partition coefficient (Wildman–Crippen LogP) is 4.18. The second kappa shape index (κ2) is 8.73. The van der Waals surface area contributed by atoms with Crippen molar-refractivity contribution in [1.29, 1.82) is 0 Å². The molecule has 2 rings (SSSR count). The minimum Gasteiger partial charge on any atom is -0.324 e. The molecule has 0 aliphatic heterocycles. The lowest BCUT2D eigenvalue weighted by Crippen LogP contribution is -2.12. The lowest BCUT2D eigenvalue weighted by Gasteiger charge is -2.12. The number of Topliss-reactive ketones (excluding diaryl/α,β-unsaturated/α-hetero) is 1. The van der Waals surface area contributed by atoms with E-state index in [1.54, 1.807) is 31.5 Å². The number of thioether (sulfide) groups is 1. The van der Waals surface area contributed by atoms with Crippen molar-refractivity contribution >= 4 is 55.9 Å². The fourth-order valence-electron chi connectivity index (χ4n) is 1.94. The van der Waals surface area contributed by atoms with Crippen molar-refractivity contribution in [3.05, 3.63) is 34.9 Å². The molecule has 0 saturated carbocycles. The summed E-state index contributed by atoms with van der Waals surface area (Å²) in [4.78, 5) is 21.1. The Morgan fingerprint density at radius 1 is 1.38 bits per heavy atom. The highest BCUT2D eigenvalue weighted by atomic mass is 79.9. The van der Waals surface area contributed by atoms with Crippen molar-refractivity contribution < 1.29 is 9.00 Å². The molecule has 128 valence electrons. The number of halogens is 1. The van der Waals surface area contributed by atoms with Crippen molar-refractivity contribution in [2.24, 2.45) is 0 Å². The molecule has 0 spiro atoms. The number of benzene rings is 1. The van der Waals surface area contributed by atoms with Crippen LogP contribution < -0.4 is 5.32 Å². The van der Waals surface area contributed by atoms with E-state index in [9.17, 15) is 9.00 Å². The van der Waals surface area contributed by atoms with E-state index in [-0.39, 0.29) is 11.0 Å². The Labute approximate surface area is 156 Å². The van der Waals surface area contributed by atoms with Gasteiger partial charge in [0.05, 0.1) is 9.72 Å². The zero-order valence-corrected chi connectivity index (χ0v) is 16.8. The van der Waals surface area contributed by atoms with Crippen LogP contribution >= 0.6 is 27.7 Å². The Bertz CT molecular complexity index is 753. The molecule has 8 heteroatoms. The monoisotopic (exact) mass is 427 g/mol. The van der Waals surface area contributed by atoms with E-state index in [1.165, 1.54) is 11.8 Å². The molecule has 0 amide bonds. The number of nitrogens with zero attached hydrogens (tertiary/aromatic N) is 2. The molecule has 1 heterocycles. The van der Waals surface area contributed by atoms with Crippen molar-refractivity contribution in [1.82, 2.24) is 9.97 Å². The molecular formula is C16H18BrN3O2S2. The van der Waals surface area contributed by atoms with Crippen LogP contribution in [0.4, 0.5) is 11.6 Å². The highest BCUT2D eigenvalue weighted by Crippen LogP contribution is 2.31. The fourth-order valence-corrected chi connectivity index (χ4v) is 3.84. The first-order valence-corrected chi connectivity index (χ1v) is 10.5. The Hall–Kier alpha value is -1.25. The summed E-state index contributed by atoms with van der Waals surface area (Å²) in [6, 6.07) is 7.27. The largest absolute Gasteiger partial charge is 0.324 e. The zero-order valence-electron chi connectivity index (χ0n) is 13.6. The quantitative estimate of drug-likeness (QED) is 0.527. The van der Waals surface area contributed by atoms with Crippen LogP contribution in [0.2, 0.25) is 0 Å². The number of nitrogens with one attached hydrogen (secondary N) is 1. The summed E-state index contributed by atoms with van der Waals surface area (Å²) in [6.07, 6.45) is 4.05. The SMILES string of the molecule is CCC(Sc1nc(Nc2ccc(S(C)=O)cc2)ncc1Br)C(C)=O. The van der Waals surface area contributed by atoms with Gasteiger partial charge in [0, 0.05) is 33.8 Å². The molecule has 0 aliphatic rings. The van der Waals surface area contributed by atoms with Gasteiger partial charge in [0.25, 0.3) is 0 Å². The van der Waals surface area contributed by atoms with Crippen molar-refractivity contribution in [3.8, 4) is 0 Å². The van der Waals surface area contributed by atoms with Gasteiger partial charge in [0.1, 0.15) is 10.8 Å². The molecule has 1 aromatic carbocycles. The molecule has 2 atom stereocenters. The second-order valence-corrected chi connectivity index (χ2v) is 8.50. The van der Waals surface area contributed by atoms with Crippen LogP contribution in [-0.2, 0) is 15.6 Å². The van der Waals surface area contributed by atoms with E-state index in [0.717, 1.165) is 26.5 Å². The normalized spacial score (nSPS) is 13.3. The first-order valence-electron chi connectivity index (χ1n) is 7.31. The highest BCUT2D eigenvalue weighted by molar-refractivity contribution is 9.10. The summed E-state index contributed by atoms with van der Waals surface area (Å²) in [5.41, 5.74) is 0.807. The zero-order chi connectivity index (χ0) is 17.7. The van der Waals surface area contributed by atoms with E-state index in [2.05, 4.69) is 31.2 Å². The minimum absolute atomic E-state index is 0.122. The summed E-state index contributed by atoms with van der Waals surface area (Å²) in [7, 11) is -1.00. The summed E-state index contributed by atoms with van der Waals surface area (Å²) < 4.78 is 12.2. The Balaban J connectivity index is 2.18. The molecule has 0 bridgehead atoms. The van der Waals surface area contributed by atoms with Gasteiger partial charge >= 0.3 is 0 Å². The standard InChI is InChI=1S/C16H18BrN3O2S2/c1-4-14(10(2)21)23-15-13(17)9-18-16(20-15)19-11-5-7-12(8-6-11)24(3)22/h5-9,14H,4H2,1-3H3,(H,18,19,20). The smallest absolute Gasteiger partial charge is 0.228 e. The van der Waals surface area contributed by atoms with Gasteiger partial charge < -0.3 is 5.32 Å². The van der Waals surface area contributed by atoms with E-state index < -0.39 is 10.8 Å². The number of hydrogen-bond donors (Lipinski definition) is 1. The molecule has 1 N–H and O–H groups in total. The molecule has 24 heavy (non-hydrogen) atoms. The van der Waals surface area contributed by atoms with Crippen LogP contribution in [0.25, 0.3) is 0 Å². The van der Waals surface area contributed by atoms with Gasteiger partial charge in [-0.25, -0.2) is 9.97 Å². The van der Waals surface area contributed by atoms with Crippen LogP contribution in [0.5, 0.6) is 0 Å². The van der Waals surface area contributed by atoms with Crippen molar-refractivity contribution in [2.45, 2.75) is 35.4 Å². The number of ketones is 1. The lowest BCUT2D eigenvalue weighted by atomic mass is 10.2. The van der Waals surface area contributed by atoms with Crippen molar-refractivity contribution in [2.75, 3.05) is 11.6 Å². The molecule has 0 saturated heterocycles. The number of anilines is 2. The van der Waals surface area contributed by atoms with Crippen LogP contribution in [0.15, 0.2) is 44.9 Å². The number of carbonyl (C=O) groups excluding carboxylic acids is 1. The van der Waals surface area contributed by atoms with Crippen LogP contribution in [0.1, 0.15) is 20.3 Å². The van der Waals surface area contributed by atoms with Crippen LogP contribution in [0.3, 0.4) is 0 Å². The van der Waals surface area contributed by atoms with E-state index in [4.69, 9.17) is 0 Å². The highest BCUT2D eigenvalue weighted by Gasteiger charge is 2.17. The molecule has 0 fully saturated rings. The molecule has 0 radical (unpaired) electrons. The van der Waals surface area contributed by atoms with Gasteiger partial charge in [0.15, 0.2) is 0 Å². The molecule has 5 nitrogen and oxygen atoms in total. The number of aromatic nitrogens is 2. The summed E-state index contributed by atoms with van der Waals surface area (Å²) in [5, 5.41) is 3.72. The summed E-state index contributed by atoms with van der Waals surface area (Å²) >= 11 is 4.86. The average Bonchev–Trinajstić information content (AvgIpc) is 2.55. The van der Waals surface area contributed by atoms with Gasteiger partial charge in [-0.2, -0.15) is 0 Å². The minimum atomic E-state index is -1.00. The maximum atomic E-state index is 11.6. The van der Waals surface area contributed by atoms with Crippen LogP contribution in [-0.4, -0.2) is 31.5 Å². The first-order chi connectivity index (χ1) is 11.4. The average molecular weight is 428 g/mol. The fraction of sp³-hybridized carbons (Fsp3) is 0.312. The van der Waals surface area contributed by atoms with Crippen molar-refractivity contribution in [3.63, 3.8) is 0 Å². The third kappa shape index (κ3) is 5.12. The Kier molecular flexibility index (Phi) is 6.94. The molecule has 2 unspecified atom stereocenters. The maximum absolute atomic E-state index is 11.6. The molecule has 1 aromatic heterocycles. The molecular weight excluding hydrogens is 410 g/mol. The van der Waals surface area contributed by atoms with Gasteiger partial charge in [-0.3, -0.25) is 9.00 Å². The van der Waals surface area contributed by atoms with E-state index in [0.29, 0.717) is 5.95 Å². The van der Waals surface area contributed by atoms with E-state index >= 15 is 0 Å². The second-order valence-electron chi connectivity index (χ2n) is 5.08. The van der Waals surface area contributed by atoms with E-state index in [1.807, 2.05) is 19.1 Å². The molecule has 0 aliphatic carbocycles. The lowest BCUT2D eigenvalue weighted by molar-refractivity contribution is -0.116. The summed E-state index contributed by atoms with van der Waals surface area (Å²) in [6.45, 7) is 3.57. The number of hydrogen-bond acceptors (Lipinski definition) is 6. The predicted molar refractivity (Wildman–Crippen MR) is 102 cm³/mol. The van der Waals surface area contributed by atoms with Crippen LogP contribution in [0, 0.1) is 0 Å². The number of carbonyl (C=O) groups is 1. The first kappa shape index (κ1) is 19.1. The summed E-state index contributed by atoms with van der Waals surface area (Å²) in [5.74, 6) is 0.579. The molecule has 2 aromatic rings. The Morgan fingerprint density at radius 2 is 2.04 bits per heavy atom. The van der Waals surface area contributed by atoms with Gasteiger partial charge in [-0.1, -0.05) is 18.7 Å². The number of rotatable bonds is 7. The van der Waals surface area contributed by atoms with Gasteiger partial charge in [0.2, 0.25) is 5.95 Å². The topological polar surface area (TPSA) is 72.0 Å². The third-order valence-electron chi connectivity index (χ3n) is 3.23. The third-order valence-corrected chi connectivity index (χ3v) is 6.50. The Morgan fingerprint density at radius 3 is 2.58 bits per heavy atom. The maximum Gasteiger partial charge on any atom is 0.228 e. The van der Waals surface area contributed by atoms with Gasteiger partial charge in [-0.05, 0) is 53.5 Å². The van der Waals surface area contributed by atoms with Gasteiger partial charge in [-0.15, -0.1) is 0 Å².